The van der Waals surface area contributed by atoms with E-state index in [4.69, 9.17) is 33.1 Å². The van der Waals surface area contributed by atoms with Crippen LogP contribution in [-0.2, 0) is 10.0 Å². The largest absolute Gasteiger partial charge is 0.478 e. The number of likely N-dealkylation sites (tertiary alicyclic amines) is 1. The fourth-order valence-electron chi connectivity index (χ4n) is 3.89. The van der Waals surface area contributed by atoms with Gasteiger partial charge in [-0.05, 0) is 56.6 Å². The Kier molecular flexibility index (Phi) is 9.06. The number of sulfonamides is 1. The molecule has 1 fully saturated rings. The number of halogens is 2. The second-order valence-electron chi connectivity index (χ2n) is 8.24. The zero-order chi connectivity index (χ0) is 24.9. The maximum atomic E-state index is 12.5. The van der Waals surface area contributed by atoms with Gasteiger partial charge in [0.2, 0.25) is 10.0 Å². The number of unbranched alkanes of at least 4 members (excludes halogenated alkanes) is 1. The van der Waals surface area contributed by atoms with E-state index in [0.717, 1.165) is 51.4 Å². The van der Waals surface area contributed by atoms with Crippen LogP contribution in [0.4, 0.5) is 5.69 Å². The molecule has 11 heteroatoms. The molecule has 0 radical (unpaired) electrons. The van der Waals surface area contributed by atoms with Crippen LogP contribution in [0, 0.1) is 0 Å². The smallest absolute Gasteiger partial charge is 0.335 e. The van der Waals surface area contributed by atoms with Crippen molar-refractivity contribution in [3.8, 4) is 11.5 Å². The summed E-state index contributed by atoms with van der Waals surface area (Å²) in [5.41, 5.74) is 0.158. The van der Waals surface area contributed by atoms with Gasteiger partial charge in [-0.3, -0.25) is 0 Å². The first-order valence-electron chi connectivity index (χ1n) is 11.1. The van der Waals surface area contributed by atoms with Crippen molar-refractivity contribution in [3.63, 3.8) is 0 Å². The van der Waals surface area contributed by atoms with E-state index in [1.165, 1.54) is 18.2 Å². The van der Waals surface area contributed by atoms with E-state index in [0.29, 0.717) is 23.8 Å². The highest BCUT2D eigenvalue weighted by Crippen LogP contribution is 2.40. The number of nitrogens with zero attached hydrogens (tertiary/aromatic N) is 2. The molecule has 1 aliphatic heterocycles. The molecule has 0 aliphatic carbocycles. The maximum Gasteiger partial charge on any atom is 0.335 e. The lowest BCUT2D eigenvalue weighted by Gasteiger charge is -2.30. The van der Waals surface area contributed by atoms with Gasteiger partial charge >= 0.3 is 5.97 Å². The van der Waals surface area contributed by atoms with E-state index >= 15 is 0 Å². The molecule has 3 N–H and O–H groups in total. The minimum absolute atomic E-state index is 0.0385. The summed E-state index contributed by atoms with van der Waals surface area (Å²) in [5, 5.41) is 15.7. The fraction of sp³-hybridized carbons (Fsp3) is 0.435. The number of hydrogen-bond acceptors (Lipinski definition) is 6. The monoisotopic (exact) mass is 529 g/mol. The van der Waals surface area contributed by atoms with E-state index in [9.17, 15) is 18.3 Å². The predicted octanol–water partition coefficient (Wildman–Crippen LogP) is 4.83. The Hall–Kier alpha value is -2.04. The number of carboxylic acids is 1. The number of aromatic carboxylic acids is 1. The van der Waals surface area contributed by atoms with Crippen LogP contribution in [0.25, 0.3) is 0 Å². The Balaban J connectivity index is 2.13. The average Bonchev–Trinajstić information content (AvgIpc) is 3.29. The first-order valence-corrected chi connectivity index (χ1v) is 13.4. The molecule has 2 aromatic carbocycles. The van der Waals surface area contributed by atoms with Gasteiger partial charge in [0, 0.05) is 25.7 Å². The van der Waals surface area contributed by atoms with Gasteiger partial charge in [-0.15, -0.1) is 0 Å². The Bertz CT molecular complexity index is 1140. The lowest BCUT2D eigenvalue weighted by Crippen LogP contribution is -2.35. The maximum absolute atomic E-state index is 12.5. The van der Waals surface area contributed by atoms with Crippen molar-refractivity contribution < 1.29 is 23.1 Å². The molecule has 0 spiro atoms. The Morgan fingerprint density at radius 3 is 2.44 bits per heavy atom. The van der Waals surface area contributed by atoms with Gasteiger partial charge in [0.05, 0.1) is 21.3 Å². The molecule has 3 rings (SSSR count). The van der Waals surface area contributed by atoms with E-state index in [2.05, 4.69) is 11.8 Å². The molecule has 0 atom stereocenters. The normalized spacial score (nSPS) is 14.4. The number of nitrogens with two attached hydrogens (primary N) is 1. The first-order chi connectivity index (χ1) is 16.1. The summed E-state index contributed by atoms with van der Waals surface area (Å²) in [6.45, 7) is 5.99. The molecule has 0 aromatic heterocycles. The van der Waals surface area contributed by atoms with Gasteiger partial charge < -0.3 is 19.6 Å². The molecule has 0 unspecified atom stereocenters. The molecule has 2 aromatic rings. The van der Waals surface area contributed by atoms with Gasteiger partial charge in [-0.1, -0.05) is 36.5 Å². The topological polar surface area (TPSA) is 113 Å². The summed E-state index contributed by atoms with van der Waals surface area (Å²) in [5.74, 6) is -1.05. The second-order valence-corrected chi connectivity index (χ2v) is 10.6. The molecule has 34 heavy (non-hydrogen) atoms. The van der Waals surface area contributed by atoms with Crippen LogP contribution in [0.3, 0.4) is 0 Å². The van der Waals surface area contributed by atoms with Crippen LogP contribution in [0.2, 0.25) is 10.0 Å². The third-order valence-electron chi connectivity index (χ3n) is 5.71. The van der Waals surface area contributed by atoms with Crippen molar-refractivity contribution >= 4 is 44.9 Å². The second kappa shape index (κ2) is 11.6. The molecule has 1 saturated heterocycles. The van der Waals surface area contributed by atoms with Crippen molar-refractivity contribution in [3.05, 3.63) is 45.9 Å². The standard InChI is InChI=1S/C23H29Cl2N3O5S/c1-2-3-10-28(12-11-27-8-4-5-9-27)20-13-16(23(29)30)14-21(34(26,31)32)22(20)33-17-6-7-18(24)19(25)15-17/h6-7,13-15H,2-5,8-12H2,1H3,(H,29,30)(H2,26,31,32). The number of rotatable bonds is 11. The summed E-state index contributed by atoms with van der Waals surface area (Å²) < 4.78 is 31.1. The van der Waals surface area contributed by atoms with Gasteiger partial charge in [0.1, 0.15) is 10.6 Å². The minimum atomic E-state index is -4.32. The molecule has 8 nitrogen and oxygen atoms in total. The van der Waals surface area contributed by atoms with Crippen molar-refractivity contribution in [2.75, 3.05) is 37.6 Å². The fourth-order valence-corrected chi connectivity index (χ4v) is 4.87. The van der Waals surface area contributed by atoms with Crippen LogP contribution in [0.1, 0.15) is 43.0 Å². The lowest BCUT2D eigenvalue weighted by molar-refractivity contribution is 0.0696. The number of anilines is 1. The number of primary sulfonamides is 1. The molecule has 1 heterocycles. The molecule has 0 amide bonds. The molecule has 0 bridgehead atoms. The number of carbonyl (C=O) groups is 1. The van der Waals surface area contributed by atoms with Crippen LogP contribution < -0.4 is 14.8 Å². The molecule has 1 aliphatic rings. The lowest BCUT2D eigenvalue weighted by atomic mass is 10.1. The van der Waals surface area contributed by atoms with Crippen LogP contribution in [-0.4, -0.2) is 57.1 Å². The van der Waals surface area contributed by atoms with Gasteiger partial charge in [-0.25, -0.2) is 18.4 Å². The highest BCUT2D eigenvalue weighted by molar-refractivity contribution is 7.89. The summed E-state index contributed by atoms with van der Waals surface area (Å²) in [6.07, 6.45) is 4.02. The van der Waals surface area contributed by atoms with Crippen LogP contribution in [0.15, 0.2) is 35.2 Å². The van der Waals surface area contributed by atoms with Gasteiger partial charge in [0.25, 0.3) is 0 Å². The Labute approximate surface area is 210 Å². The van der Waals surface area contributed by atoms with Crippen LogP contribution in [0.5, 0.6) is 11.5 Å². The number of hydrogen-bond donors (Lipinski definition) is 2. The third-order valence-corrected chi connectivity index (χ3v) is 7.36. The van der Waals surface area contributed by atoms with E-state index in [1.807, 2.05) is 4.90 Å². The minimum Gasteiger partial charge on any atom is -0.478 e. The highest BCUT2D eigenvalue weighted by Gasteiger charge is 2.27. The summed E-state index contributed by atoms with van der Waals surface area (Å²) in [6, 6.07) is 7.00. The number of benzene rings is 2. The summed E-state index contributed by atoms with van der Waals surface area (Å²) in [7, 11) is -4.32. The Morgan fingerprint density at radius 1 is 1.15 bits per heavy atom. The zero-order valence-corrected chi connectivity index (χ0v) is 21.3. The van der Waals surface area contributed by atoms with Crippen molar-refractivity contribution in [2.45, 2.75) is 37.5 Å². The van der Waals surface area contributed by atoms with E-state index in [-0.39, 0.29) is 22.1 Å². The molecule has 0 saturated carbocycles. The third kappa shape index (κ3) is 6.76. The Morgan fingerprint density at radius 2 is 1.85 bits per heavy atom. The van der Waals surface area contributed by atoms with Crippen LogP contribution >= 0.6 is 23.2 Å². The van der Waals surface area contributed by atoms with E-state index in [1.54, 1.807) is 6.07 Å². The molecule has 186 valence electrons. The SMILES string of the molecule is CCCCN(CCN1CCCC1)c1cc(C(=O)O)cc(S(N)(=O)=O)c1Oc1ccc(Cl)c(Cl)c1. The van der Waals surface area contributed by atoms with Crippen molar-refractivity contribution in [1.82, 2.24) is 4.90 Å². The zero-order valence-electron chi connectivity index (χ0n) is 19.0. The van der Waals surface area contributed by atoms with Gasteiger partial charge in [-0.2, -0.15) is 0 Å². The number of ether oxygens (including phenoxy) is 1. The predicted molar refractivity (Wildman–Crippen MR) is 134 cm³/mol. The molecular weight excluding hydrogens is 501 g/mol. The summed E-state index contributed by atoms with van der Waals surface area (Å²) in [4.78, 5) is 15.7. The first kappa shape index (κ1) is 26.6. The van der Waals surface area contributed by atoms with E-state index < -0.39 is 20.9 Å². The quantitative estimate of drug-likeness (QED) is 0.428. The summed E-state index contributed by atoms with van der Waals surface area (Å²) >= 11 is 12.1. The average molecular weight is 530 g/mol. The number of carboxylic acid groups (broad SMARTS) is 1. The highest BCUT2D eigenvalue weighted by atomic mass is 35.5. The molecular formula is C23H29Cl2N3O5S. The van der Waals surface area contributed by atoms with Gasteiger partial charge in [0.15, 0.2) is 5.75 Å². The van der Waals surface area contributed by atoms with Crippen molar-refractivity contribution in [2.24, 2.45) is 5.14 Å². The van der Waals surface area contributed by atoms with Crippen molar-refractivity contribution in [1.29, 1.82) is 0 Å².